The molecule has 25 heavy (non-hydrogen) atoms. The number of hydrogen-bond donors (Lipinski definition) is 3. The van der Waals surface area contributed by atoms with Gasteiger partial charge in [0.2, 0.25) is 0 Å². The lowest BCUT2D eigenvalue weighted by molar-refractivity contribution is -0.120. The van der Waals surface area contributed by atoms with E-state index in [0.29, 0.717) is 22.3 Å². The van der Waals surface area contributed by atoms with Crippen LogP contribution in [-0.4, -0.2) is 23.5 Å². The summed E-state index contributed by atoms with van der Waals surface area (Å²) in [6.07, 6.45) is 0.979. The van der Waals surface area contributed by atoms with Crippen molar-refractivity contribution in [2.24, 2.45) is 5.92 Å². The van der Waals surface area contributed by atoms with Crippen LogP contribution in [0, 0.1) is 12.8 Å². The summed E-state index contributed by atoms with van der Waals surface area (Å²) in [5, 5.41) is 15.0. The van der Waals surface area contributed by atoms with Gasteiger partial charge in [0, 0.05) is 34.9 Å². The van der Waals surface area contributed by atoms with Crippen LogP contribution in [0.1, 0.15) is 45.2 Å². The van der Waals surface area contributed by atoms with Crippen LogP contribution in [0.15, 0.2) is 23.5 Å². The van der Waals surface area contributed by atoms with Crippen molar-refractivity contribution < 1.29 is 9.90 Å². The lowest BCUT2D eigenvalue weighted by Crippen LogP contribution is -2.49. The highest BCUT2D eigenvalue weighted by atomic mass is 35.5. The lowest BCUT2D eigenvalue weighted by atomic mass is 9.84. The maximum atomic E-state index is 12.2. The Bertz CT molecular complexity index is 646. The van der Waals surface area contributed by atoms with Crippen LogP contribution in [0.4, 0.5) is 0 Å². The van der Waals surface area contributed by atoms with Gasteiger partial charge in [0.25, 0.3) is 0 Å². The molecule has 0 spiro atoms. The van der Waals surface area contributed by atoms with Gasteiger partial charge in [0.05, 0.1) is 11.6 Å². The number of carbonyl (C=O) groups is 1. The minimum atomic E-state index is -0.0786. The predicted octanol–water partition coefficient (Wildman–Crippen LogP) is 4.21. The second-order valence-electron chi connectivity index (χ2n) is 6.77. The summed E-state index contributed by atoms with van der Waals surface area (Å²) in [5.74, 6) is 0.0623. The molecule has 0 aliphatic heterocycles. The van der Waals surface area contributed by atoms with Crippen LogP contribution in [0.3, 0.4) is 0 Å². The second kappa shape index (κ2) is 8.93. The SMILES string of the molecule is CCC(C)(C)NC1=C(NCc2c(C)cc(Cl)cc2Cl)C(=O)C1C.CO. The molecule has 1 aliphatic rings. The van der Waals surface area contributed by atoms with Crippen LogP contribution in [0.2, 0.25) is 10.0 Å². The molecule has 0 fully saturated rings. The molecule has 1 aromatic carbocycles. The number of benzene rings is 1. The van der Waals surface area contributed by atoms with Crippen molar-refractivity contribution in [3.8, 4) is 0 Å². The average Bonchev–Trinajstić information content (AvgIpc) is 2.57. The summed E-state index contributed by atoms with van der Waals surface area (Å²) in [4.78, 5) is 12.2. The quantitative estimate of drug-likeness (QED) is 0.685. The molecule has 0 bridgehead atoms. The van der Waals surface area contributed by atoms with Crippen LogP contribution in [0.5, 0.6) is 0 Å². The van der Waals surface area contributed by atoms with Crippen molar-refractivity contribution in [2.75, 3.05) is 7.11 Å². The minimum absolute atomic E-state index is 0.0366. The van der Waals surface area contributed by atoms with Crippen LogP contribution in [-0.2, 0) is 11.3 Å². The van der Waals surface area contributed by atoms with Crippen LogP contribution < -0.4 is 10.6 Å². The number of carbonyl (C=O) groups excluding carboxylic acids is 1. The number of Topliss-reactive ketones (excluding diaryl/α,β-unsaturated/α-hetero) is 1. The van der Waals surface area contributed by atoms with E-state index in [1.165, 1.54) is 0 Å². The number of ketones is 1. The highest BCUT2D eigenvalue weighted by Crippen LogP contribution is 2.31. The third-order valence-electron chi connectivity index (χ3n) is 4.52. The largest absolute Gasteiger partial charge is 0.400 e. The van der Waals surface area contributed by atoms with Gasteiger partial charge in [0.15, 0.2) is 5.78 Å². The standard InChI is InChI=1S/C18H24Cl2N2O.CH4O/c1-6-18(4,5)22-15-11(3)17(23)16(15)21-9-13-10(2)7-12(19)8-14(13)20;1-2/h7-8,11,21-22H,6,9H2,1-5H3;2H,1H3. The number of rotatable bonds is 6. The van der Waals surface area contributed by atoms with Crippen LogP contribution in [0.25, 0.3) is 0 Å². The number of aliphatic hydroxyl groups is 1. The van der Waals surface area contributed by atoms with Gasteiger partial charge in [-0.2, -0.15) is 0 Å². The van der Waals surface area contributed by atoms with E-state index in [9.17, 15) is 4.79 Å². The molecule has 0 heterocycles. The third-order valence-corrected chi connectivity index (χ3v) is 5.08. The number of hydrogen-bond acceptors (Lipinski definition) is 4. The Balaban J connectivity index is 0.00000151. The van der Waals surface area contributed by atoms with E-state index in [2.05, 4.69) is 31.4 Å². The monoisotopic (exact) mass is 386 g/mol. The molecule has 1 unspecified atom stereocenters. The molecule has 0 aromatic heterocycles. The van der Waals surface area contributed by atoms with Gasteiger partial charge < -0.3 is 15.7 Å². The predicted molar refractivity (Wildman–Crippen MR) is 105 cm³/mol. The number of halogens is 2. The molecule has 0 amide bonds. The van der Waals surface area contributed by atoms with Crippen molar-refractivity contribution in [1.29, 1.82) is 0 Å². The summed E-state index contributed by atoms with van der Waals surface area (Å²) in [7, 11) is 1.00. The zero-order valence-electron chi connectivity index (χ0n) is 15.8. The van der Waals surface area contributed by atoms with E-state index < -0.39 is 0 Å². The summed E-state index contributed by atoms with van der Waals surface area (Å²) in [6, 6.07) is 3.61. The van der Waals surface area contributed by atoms with Crippen molar-refractivity contribution in [3.63, 3.8) is 0 Å². The molecule has 3 N–H and O–H groups in total. The Morgan fingerprint density at radius 2 is 1.84 bits per heavy atom. The number of aliphatic hydroxyl groups excluding tert-OH is 1. The number of aryl methyl sites for hydroxylation is 1. The molecule has 0 saturated carbocycles. The molecule has 1 atom stereocenters. The van der Waals surface area contributed by atoms with Gasteiger partial charge in [-0.15, -0.1) is 0 Å². The van der Waals surface area contributed by atoms with Crippen LogP contribution >= 0.6 is 23.2 Å². The summed E-state index contributed by atoms with van der Waals surface area (Å²) >= 11 is 12.3. The third kappa shape index (κ3) is 5.13. The summed E-state index contributed by atoms with van der Waals surface area (Å²) in [6.45, 7) is 10.8. The Kier molecular flexibility index (Phi) is 7.79. The lowest BCUT2D eigenvalue weighted by Gasteiger charge is -2.37. The average molecular weight is 387 g/mol. The van der Waals surface area contributed by atoms with Gasteiger partial charge in [-0.1, -0.05) is 30.1 Å². The normalized spacial score (nSPS) is 16.8. The van der Waals surface area contributed by atoms with Gasteiger partial charge in [-0.05, 0) is 57.4 Å². The van der Waals surface area contributed by atoms with Gasteiger partial charge in [-0.3, -0.25) is 4.79 Å². The second-order valence-corrected chi connectivity index (χ2v) is 7.62. The van der Waals surface area contributed by atoms with E-state index >= 15 is 0 Å². The van der Waals surface area contributed by atoms with Gasteiger partial charge >= 0.3 is 0 Å². The molecular formula is C19H28Cl2N2O2. The fourth-order valence-corrected chi connectivity index (χ4v) is 3.22. The van der Waals surface area contributed by atoms with E-state index in [1.807, 2.05) is 19.9 Å². The first-order chi connectivity index (χ1) is 11.7. The number of nitrogens with one attached hydrogen (secondary N) is 2. The molecular weight excluding hydrogens is 359 g/mol. The van der Waals surface area contributed by atoms with Crippen molar-refractivity contribution in [1.82, 2.24) is 10.6 Å². The number of allylic oxidation sites excluding steroid dienone is 2. The highest BCUT2D eigenvalue weighted by Gasteiger charge is 2.38. The molecule has 0 radical (unpaired) electrons. The van der Waals surface area contributed by atoms with Gasteiger partial charge in [-0.25, -0.2) is 0 Å². The molecule has 1 aromatic rings. The zero-order chi connectivity index (χ0) is 19.4. The van der Waals surface area contributed by atoms with Gasteiger partial charge in [0.1, 0.15) is 0 Å². The molecule has 0 saturated heterocycles. The Morgan fingerprint density at radius 1 is 1.24 bits per heavy atom. The zero-order valence-corrected chi connectivity index (χ0v) is 17.3. The smallest absolute Gasteiger partial charge is 0.189 e. The van der Waals surface area contributed by atoms with Crippen molar-refractivity contribution >= 4 is 29.0 Å². The minimum Gasteiger partial charge on any atom is -0.400 e. The molecule has 6 heteroatoms. The molecule has 140 valence electrons. The van der Waals surface area contributed by atoms with E-state index in [0.717, 1.165) is 30.4 Å². The topological polar surface area (TPSA) is 61.4 Å². The Labute approximate surface area is 160 Å². The first kappa shape index (κ1) is 21.8. The summed E-state index contributed by atoms with van der Waals surface area (Å²) in [5.41, 5.74) is 3.60. The molecule has 4 nitrogen and oxygen atoms in total. The fraction of sp³-hybridized carbons (Fsp3) is 0.526. The first-order valence-corrected chi connectivity index (χ1v) is 9.11. The highest BCUT2D eigenvalue weighted by molar-refractivity contribution is 6.35. The van der Waals surface area contributed by atoms with E-state index in [1.54, 1.807) is 6.07 Å². The summed E-state index contributed by atoms with van der Waals surface area (Å²) < 4.78 is 0. The maximum Gasteiger partial charge on any atom is 0.189 e. The Morgan fingerprint density at radius 3 is 2.36 bits per heavy atom. The van der Waals surface area contributed by atoms with Crippen molar-refractivity contribution in [3.05, 3.63) is 44.7 Å². The molecule has 2 rings (SSSR count). The fourth-order valence-electron chi connectivity index (χ4n) is 2.56. The maximum absolute atomic E-state index is 12.2. The van der Waals surface area contributed by atoms with E-state index in [-0.39, 0.29) is 17.2 Å². The van der Waals surface area contributed by atoms with Crippen molar-refractivity contribution in [2.45, 2.75) is 53.1 Å². The molecule has 1 aliphatic carbocycles. The Hall–Kier alpha value is -1.23. The first-order valence-electron chi connectivity index (χ1n) is 8.36. The van der Waals surface area contributed by atoms with E-state index in [4.69, 9.17) is 28.3 Å².